The van der Waals surface area contributed by atoms with Crippen LogP contribution in [0.5, 0.6) is 0 Å². The number of rotatable bonds is 5. The molecule has 176 valence electrons. The van der Waals surface area contributed by atoms with Crippen LogP contribution in [0.3, 0.4) is 0 Å². The molecule has 1 aromatic heterocycles. The van der Waals surface area contributed by atoms with Crippen LogP contribution in [0.15, 0.2) is 46.3 Å². The first-order valence-corrected chi connectivity index (χ1v) is 13.8. The van der Waals surface area contributed by atoms with Crippen LogP contribution >= 0.6 is 11.3 Å². The van der Waals surface area contributed by atoms with Gasteiger partial charge in [-0.15, -0.1) is 0 Å². The Hall–Kier alpha value is -2.29. The Morgan fingerprint density at radius 1 is 1.15 bits per heavy atom. The molecule has 1 aliphatic heterocycles. The molecular formula is C25H31N3O3S2. The summed E-state index contributed by atoms with van der Waals surface area (Å²) in [5.74, 6) is -0.365. The van der Waals surface area contributed by atoms with E-state index in [9.17, 15) is 13.2 Å². The summed E-state index contributed by atoms with van der Waals surface area (Å²) >= 11 is 1.52. The highest BCUT2D eigenvalue weighted by Crippen LogP contribution is 2.26. The lowest BCUT2D eigenvalue weighted by Gasteiger charge is -2.32. The van der Waals surface area contributed by atoms with Crippen molar-refractivity contribution >= 4 is 37.5 Å². The summed E-state index contributed by atoms with van der Waals surface area (Å²) < 4.78 is 30.9. The number of carbonyl (C=O) groups excluding carboxylic acids is 1. The number of piperidine rings is 1. The fourth-order valence-corrected chi connectivity index (χ4v) is 7.33. The van der Waals surface area contributed by atoms with Gasteiger partial charge in [-0.1, -0.05) is 30.7 Å². The molecule has 1 atom stereocenters. The quantitative estimate of drug-likeness (QED) is 0.509. The van der Waals surface area contributed by atoms with Crippen molar-refractivity contribution in [2.75, 3.05) is 6.54 Å². The molecule has 0 N–H and O–H groups in total. The lowest BCUT2D eigenvalue weighted by molar-refractivity contribution is 0.0997. The Bertz CT molecular complexity index is 1350. The van der Waals surface area contributed by atoms with E-state index in [2.05, 4.69) is 42.5 Å². The van der Waals surface area contributed by atoms with Gasteiger partial charge in [-0.3, -0.25) is 4.79 Å². The van der Waals surface area contributed by atoms with Crippen LogP contribution < -0.4 is 4.80 Å². The minimum absolute atomic E-state index is 0.00544. The van der Waals surface area contributed by atoms with Gasteiger partial charge >= 0.3 is 0 Å². The van der Waals surface area contributed by atoms with E-state index in [1.165, 1.54) is 34.6 Å². The first-order chi connectivity index (χ1) is 15.7. The molecule has 0 saturated carbocycles. The number of amides is 1. The molecule has 1 saturated heterocycles. The highest BCUT2D eigenvalue weighted by molar-refractivity contribution is 7.89. The van der Waals surface area contributed by atoms with Crippen LogP contribution in [-0.4, -0.2) is 35.8 Å². The van der Waals surface area contributed by atoms with Crippen molar-refractivity contribution in [3.63, 3.8) is 0 Å². The third-order valence-corrected chi connectivity index (χ3v) is 9.47. The van der Waals surface area contributed by atoms with E-state index in [-0.39, 0.29) is 16.8 Å². The van der Waals surface area contributed by atoms with Gasteiger partial charge in [0.1, 0.15) is 0 Å². The zero-order valence-electron chi connectivity index (χ0n) is 19.7. The summed E-state index contributed by atoms with van der Waals surface area (Å²) in [6, 6.07) is 10.5. The van der Waals surface area contributed by atoms with Crippen molar-refractivity contribution in [3.05, 3.63) is 57.9 Å². The summed E-state index contributed by atoms with van der Waals surface area (Å²) in [6.45, 7) is 9.53. The highest BCUT2D eigenvalue weighted by atomic mass is 32.2. The molecule has 2 aromatic carbocycles. The van der Waals surface area contributed by atoms with Gasteiger partial charge in [0.25, 0.3) is 5.91 Å². The monoisotopic (exact) mass is 485 g/mol. The van der Waals surface area contributed by atoms with Gasteiger partial charge in [-0.2, -0.15) is 9.30 Å². The van der Waals surface area contributed by atoms with E-state index in [4.69, 9.17) is 0 Å². The zero-order valence-corrected chi connectivity index (χ0v) is 21.3. The number of hydrogen-bond acceptors (Lipinski definition) is 4. The molecule has 4 rings (SSSR count). The van der Waals surface area contributed by atoms with Gasteiger partial charge in [-0.05, 0) is 81.5 Å². The second-order valence-corrected chi connectivity index (χ2v) is 11.7. The smallest absolute Gasteiger partial charge is 0.279 e. The third-order valence-electron chi connectivity index (χ3n) is 6.21. The molecule has 0 radical (unpaired) electrons. The standard InChI is InChI=1S/C25H31N3O3S2/c1-5-13-27-22-16-17(2)15-18(3)23(22)32-25(27)26-24(29)20-9-11-21(12-10-20)33(30,31)28-14-7-6-8-19(28)4/h9-12,15-16,19H,5-8,13-14H2,1-4H3. The molecule has 1 amide bonds. The largest absolute Gasteiger partial charge is 0.316 e. The number of benzene rings is 2. The predicted molar refractivity (Wildman–Crippen MR) is 133 cm³/mol. The predicted octanol–water partition coefficient (Wildman–Crippen LogP) is 5.03. The maximum absolute atomic E-state index is 13.1. The third kappa shape index (κ3) is 4.69. The second-order valence-electron chi connectivity index (χ2n) is 8.87. The van der Waals surface area contributed by atoms with Gasteiger partial charge in [-0.25, -0.2) is 8.42 Å². The zero-order chi connectivity index (χ0) is 23.8. The van der Waals surface area contributed by atoms with E-state index in [0.717, 1.165) is 42.4 Å². The van der Waals surface area contributed by atoms with Crippen molar-refractivity contribution in [3.8, 4) is 0 Å². The second kappa shape index (κ2) is 9.52. The summed E-state index contributed by atoms with van der Waals surface area (Å²) in [5, 5.41) is 0. The SMILES string of the molecule is CCCn1c(=NC(=O)c2ccc(S(=O)(=O)N3CCCCC3C)cc2)sc2c(C)cc(C)cc21. The molecule has 1 fully saturated rings. The molecule has 2 heterocycles. The number of hydrogen-bond donors (Lipinski definition) is 0. The molecule has 0 bridgehead atoms. The van der Waals surface area contributed by atoms with Crippen LogP contribution in [-0.2, 0) is 16.6 Å². The Morgan fingerprint density at radius 3 is 2.55 bits per heavy atom. The molecule has 33 heavy (non-hydrogen) atoms. The summed E-state index contributed by atoms with van der Waals surface area (Å²) in [4.78, 5) is 18.3. The van der Waals surface area contributed by atoms with E-state index in [1.54, 1.807) is 16.4 Å². The molecule has 3 aromatic rings. The van der Waals surface area contributed by atoms with Crippen molar-refractivity contribution in [2.24, 2.45) is 4.99 Å². The number of aryl methyl sites for hydroxylation is 3. The van der Waals surface area contributed by atoms with Crippen molar-refractivity contribution in [1.82, 2.24) is 8.87 Å². The van der Waals surface area contributed by atoms with Gasteiger partial charge in [0.15, 0.2) is 4.80 Å². The molecule has 8 heteroatoms. The van der Waals surface area contributed by atoms with Crippen molar-refractivity contribution < 1.29 is 13.2 Å². The molecule has 0 aliphatic carbocycles. The fourth-order valence-electron chi connectivity index (χ4n) is 4.52. The van der Waals surface area contributed by atoms with Crippen LogP contribution in [0.2, 0.25) is 0 Å². The topological polar surface area (TPSA) is 71.7 Å². The molecule has 0 spiro atoms. The Morgan fingerprint density at radius 2 is 1.88 bits per heavy atom. The number of fused-ring (bicyclic) bond motifs is 1. The lowest BCUT2D eigenvalue weighted by Crippen LogP contribution is -2.41. The minimum atomic E-state index is -3.56. The van der Waals surface area contributed by atoms with Crippen LogP contribution in [0.4, 0.5) is 0 Å². The number of aromatic nitrogens is 1. The number of sulfonamides is 1. The Kier molecular flexibility index (Phi) is 6.88. The average molecular weight is 486 g/mol. The maximum atomic E-state index is 13.1. The summed E-state index contributed by atoms with van der Waals surface area (Å²) in [6.07, 6.45) is 3.74. The average Bonchev–Trinajstić information content (AvgIpc) is 3.11. The van der Waals surface area contributed by atoms with Gasteiger partial charge < -0.3 is 4.57 Å². The highest BCUT2D eigenvalue weighted by Gasteiger charge is 2.30. The first-order valence-electron chi connectivity index (χ1n) is 11.5. The van der Waals surface area contributed by atoms with Gasteiger partial charge in [0.05, 0.1) is 15.1 Å². The van der Waals surface area contributed by atoms with Crippen molar-refractivity contribution in [2.45, 2.75) is 70.9 Å². The minimum Gasteiger partial charge on any atom is -0.316 e. The lowest BCUT2D eigenvalue weighted by atomic mass is 10.1. The van der Waals surface area contributed by atoms with Gasteiger partial charge in [0, 0.05) is 24.7 Å². The Balaban J connectivity index is 1.67. The number of thiazole rings is 1. The molecule has 1 aliphatic rings. The summed E-state index contributed by atoms with van der Waals surface area (Å²) in [5.41, 5.74) is 3.84. The molecular weight excluding hydrogens is 454 g/mol. The van der Waals surface area contributed by atoms with E-state index in [0.29, 0.717) is 16.9 Å². The van der Waals surface area contributed by atoms with Gasteiger partial charge in [0.2, 0.25) is 10.0 Å². The first kappa shape index (κ1) is 23.9. The number of nitrogens with zero attached hydrogens (tertiary/aromatic N) is 3. The van der Waals surface area contributed by atoms with E-state index >= 15 is 0 Å². The number of carbonyl (C=O) groups is 1. The van der Waals surface area contributed by atoms with E-state index in [1.807, 2.05) is 6.92 Å². The van der Waals surface area contributed by atoms with Crippen LogP contribution in [0, 0.1) is 13.8 Å². The van der Waals surface area contributed by atoms with Crippen LogP contribution in [0.1, 0.15) is 61.0 Å². The Labute approximate surface area is 199 Å². The maximum Gasteiger partial charge on any atom is 0.279 e. The van der Waals surface area contributed by atoms with Crippen molar-refractivity contribution in [1.29, 1.82) is 0 Å². The molecule has 1 unspecified atom stereocenters. The normalized spacial score (nSPS) is 18.2. The van der Waals surface area contributed by atoms with Crippen LogP contribution in [0.25, 0.3) is 10.2 Å². The van der Waals surface area contributed by atoms with E-state index < -0.39 is 10.0 Å². The molecule has 6 nitrogen and oxygen atoms in total. The summed E-state index contributed by atoms with van der Waals surface area (Å²) in [7, 11) is -3.56. The fraction of sp³-hybridized carbons (Fsp3) is 0.440.